The van der Waals surface area contributed by atoms with E-state index in [2.05, 4.69) is 15.9 Å². The minimum absolute atomic E-state index is 0.734. The Kier molecular flexibility index (Phi) is 5.15. The van der Waals surface area contributed by atoms with Crippen molar-refractivity contribution in [1.82, 2.24) is 0 Å². The SMILES string of the molecule is BrCCOCCOCC1CC1. The lowest BCUT2D eigenvalue weighted by molar-refractivity contribution is 0.0497. The molecule has 0 N–H and O–H groups in total. The zero-order valence-corrected chi connectivity index (χ0v) is 8.31. The van der Waals surface area contributed by atoms with Gasteiger partial charge in [0, 0.05) is 11.9 Å². The van der Waals surface area contributed by atoms with Gasteiger partial charge in [-0.3, -0.25) is 0 Å². The fourth-order valence-corrected chi connectivity index (χ4v) is 1.04. The third-order valence-electron chi connectivity index (χ3n) is 1.64. The Morgan fingerprint density at radius 3 is 2.45 bits per heavy atom. The Labute approximate surface area is 76.4 Å². The highest BCUT2D eigenvalue weighted by atomic mass is 79.9. The molecule has 2 nitrogen and oxygen atoms in total. The lowest BCUT2D eigenvalue weighted by atomic mass is 10.5. The largest absolute Gasteiger partial charge is 0.379 e. The molecule has 66 valence electrons. The van der Waals surface area contributed by atoms with Crippen LogP contribution in [0.2, 0.25) is 0 Å². The van der Waals surface area contributed by atoms with Gasteiger partial charge in [0.15, 0.2) is 0 Å². The van der Waals surface area contributed by atoms with Crippen molar-refractivity contribution in [3.63, 3.8) is 0 Å². The highest BCUT2D eigenvalue weighted by molar-refractivity contribution is 9.09. The van der Waals surface area contributed by atoms with Crippen molar-refractivity contribution < 1.29 is 9.47 Å². The highest BCUT2D eigenvalue weighted by Crippen LogP contribution is 2.28. The van der Waals surface area contributed by atoms with E-state index in [0.717, 1.165) is 37.7 Å². The number of ether oxygens (including phenoxy) is 2. The molecule has 0 atom stereocenters. The van der Waals surface area contributed by atoms with Crippen molar-refractivity contribution in [3.05, 3.63) is 0 Å². The van der Waals surface area contributed by atoms with Crippen LogP contribution in [0.5, 0.6) is 0 Å². The molecule has 0 heterocycles. The lowest BCUT2D eigenvalue weighted by Crippen LogP contribution is -2.07. The van der Waals surface area contributed by atoms with Crippen LogP contribution < -0.4 is 0 Å². The average Bonchev–Trinajstić information content (AvgIpc) is 2.80. The van der Waals surface area contributed by atoms with Crippen LogP contribution in [0.1, 0.15) is 12.8 Å². The van der Waals surface area contributed by atoms with Crippen molar-refractivity contribution >= 4 is 15.9 Å². The highest BCUT2D eigenvalue weighted by Gasteiger charge is 2.20. The molecule has 1 saturated carbocycles. The quantitative estimate of drug-likeness (QED) is 0.484. The average molecular weight is 223 g/mol. The minimum Gasteiger partial charge on any atom is -0.379 e. The molecule has 0 unspecified atom stereocenters. The van der Waals surface area contributed by atoms with Gasteiger partial charge in [-0.25, -0.2) is 0 Å². The standard InChI is InChI=1S/C8H15BrO2/c9-3-4-10-5-6-11-7-8-1-2-8/h8H,1-7H2. The molecule has 1 aliphatic rings. The van der Waals surface area contributed by atoms with Gasteiger partial charge in [-0.1, -0.05) is 15.9 Å². The molecule has 0 spiro atoms. The molecule has 0 aromatic rings. The molecule has 0 radical (unpaired) electrons. The number of hydrogen-bond acceptors (Lipinski definition) is 2. The van der Waals surface area contributed by atoms with Crippen LogP contribution in [-0.4, -0.2) is 31.8 Å². The monoisotopic (exact) mass is 222 g/mol. The van der Waals surface area contributed by atoms with E-state index in [1.54, 1.807) is 0 Å². The Morgan fingerprint density at radius 1 is 1.09 bits per heavy atom. The third kappa shape index (κ3) is 5.65. The van der Waals surface area contributed by atoms with Crippen LogP contribution in [0.25, 0.3) is 0 Å². The summed E-state index contributed by atoms with van der Waals surface area (Å²) in [6.07, 6.45) is 2.73. The van der Waals surface area contributed by atoms with Crippen LogP contribution in [0.4, 0.5) is 0 Å². The van der Waals surface area contributed by atoms with Crippen LogP contribution in [0.15, 0.2) is 0 Å². The van der Waals surface area contributed by atoms with Gasteiger partial charge in [0.1, 0.15) is 0 Å². The zero-order valence-electron chi connectivity index (χ0n) is 6.72. The molecular formula is C8H15BrO2. The van der Waals surface area contributed by atoms with Crippen molar-refractivity contribution in [2.75, 3.05) is 31.8 Å². The van der Waals surface area contributed by atoms with E-state index in [1.807, 2.05) is 0 Å². The summed E-state index contributed by atoms with van der Waals surface area (Å²) in [5.41, 5.74) is 0. The molecule has 11 heavy (non-hydrogen) atoms. The normalized spacial score (nSPS) is 17.2. The summed E-state index contributed by atoms with van der Waals surface area (Å²) >= 11 is 3.29. The Hall–Kier alpha value is 0.400. The van der Waals surface area contributed by atoms with Gasteiger partial charge < -0.3 is 9.47 Å². The first-order valence-corrected chi connectivity index (χ1v) is 5.27. The summed E-state index contributed by atoms with van der Waals surface area (Å²) in [5, 5.41) is 0.912. The maximum Gasteiger partial charge on any atom is 0.0700 e. The number of hydrogen-bond donors (Lipinski definition) is 0. The Morgan fingerprint density at radius 2 is 1.82 bits per heavy atom. The molecular weight excluding hydrogens is 208 g/mol. The summed E-state index contributed by atoms with van der Waals surface area (Å²) in [4.78, 5) is 0. The maximum atomic E-state index is 5.36. The van der Waals surface area contributed by atoms with Crippen molar-refractivity contribution in [3.8, 4) is 0 Å². The van der Waals surface area contributed by atoms with Crippen molar-refractivity contribution in [1.29, 1.82) is 0 Å². The number of alkyl halides is 1. The predicted molar refractivity (Wildman–Crippen MR) is 48.2 cm³/mol. The van der Waals surface area contributed by atoms with Gasteiger partial charge in [0.05, 0.1) is 19.8 Å². The molecule has 0 aromatic carbocycles. The maximum absolute atomic E-state index is 5.36. The summed E-state index contributed by atoms with van der Waals surface area (Å²) < 4.78 is 10.6. The number of rotatable bonds is 7. The topological polar surface area (TPSA) is 18.5 Å². The summed E-state index contributed by atoms with van der Waals surface area (Å²) in [6, 6.07) is 0. The van der Waals surface area contributed by atoms with Gasteiger partial charge in [-0.2, -0.15) is 0 Å². The van der Waals surface area contributed by atoms with Crippen LogP contribution in [0, 0.1) is 5.92 Å². The van der Waals surface area contributed by atoms with E-state index in [0.29, 0.717) is 0 Å². The van der Waals surface area contributed by atoms with E-state index in [9.17, 15) is 0 Å². The fourth-order valence-electron chi connectivity index (χ4n) is 0.809. The van der Waals surface area contributed by atoms with E-state index >= 15 is 0 Å². The number of halogens is 1. The molecule has 3 heteroatoms. The lowest BCUT2D eigenvalue weighted by Gasteiger charge is -2.02. The van der Waals surface area contributed by atoms with E-state index < -0.39 is 0 Å². The first-order valence-electron chi connectivity index (χ1n) is 4.15. The predicted octanol–water partition coefficient (Wildman–Crippen LogP) is 1.82. The van der Waals surface area contributed by atoms with E-state index in [1.165, 1.54) is 12.8 Å². The smallest absolute Gasteiger partial charge is 0.0700 e. The molecule has 1 fully saturated rings. The van der Waals surface area contributed by atoms with E-state index in [-0.39, 0.29) is 0 Å². The molecule has 1 aliphatic carbocycles. The molecule has 0 aromatic heterocycles. The summed E-state index contributed by atoms with van der Waals surface area (Å²) in [5.74, 6) is 0.867. The molecule has 1 rings (SSSR count). The fraction of sp³-hybridized carbons (Fsp3) is 1.00. The second kappa shape index (κ2) is 5.98. The second-order valence-electron chi connectivity index (χ2n) is 2.82. The van der Waals surface area contributed by atoms with Gasteiger partial charge in [-0.05, 0) is 18.8 Å². The second-order valence-corrected chi connectivity index (χ2v) is 3.61. The zero-order chi connectivity index (χ0) is 7.94. The van der Waals surface area contributed by atoms with Crippen molar-refractivity contribution in [2.24, 2.45) is 5.92 Å². The molecule has 0 saturated heterocycles. The molecule has 0 bridgehead atoms. The van der Waals surface area contributed by atoms with Gasteiger partial charge in [0.2, 0.25) is 0 Å². The van der Waals surface area contributed by atoms with Gasteiger partial charge in [-0.15, -0.1) is 0 Å². The van der Waals surface area contributed by atoms with Crippen LogP contribution in [-0.2, 0) is 9.47 Å². The molecule has 0 amide bonds. The van der Waals surface area contributed by atoms with Crippen LogP contribution >= 0.6 is 15.9 Å². The first kappa shape index (κ1) is 9.49. The van der Waals surface area contributed by atoms with E-state index in [4.69, 9.17) is 9.47 Å². The summed E-state index contributed by atoms with van der Waals surface area (Å²) in [6.45, 7) is 3.21. The molecule has 0 aliphatic heterocycles. The Balaban J connectivity index is 1.66. The van der Waals surface area contributed by atoms with Gasteiger partial charge >= 0.3 is 0 Å². The third-order valence-corrected chi connectivity index (χ3v) is 1.97. The van der Waals surface area contributed by atoms with Crippen molar-refractivity contribution in [2.45, 2.75) is 12.8 Å². The summed E-state index contributed by atoms with van der Waals surface area (Å²) in [7, 11) is 0. The minimum atomic E-state index is 0.734. The first-order chi connectivity index (χ1) is 5.43. The van der Waals surface area contributed by atoms with Gasteiger partial charge in [0.25, 0.3) is 0 Å². The Bertz CT molecular complexity index is 94.1. The van der Waals surface area contributed by atoms with Crippen LogP contribution in [0.3, 0.4) is 0 Å².